The molecule has 1 fully saturated rings. The van der Waals surface area contributed by atoms with Gasteiger partial charge < -0.3 is 20.1 Å². The van der Waals surface area contributed by atoms with Crippen molar-refractivity contribution in [3.8, 4) is 0 Å². The van der Waals surface area contributed by atoms with Gasteiger partial charge in [0.15, 0.2) is 5.82 Å². The zero-order valence-electron chi connectivity index (χ0n) is 16.6. The van der Waals surface area contributed by atoms with Gasteiger partial charge in [0.25, 0.3) is 0 Å². The number of para-hydroxylation sites is 1. The first kappa shape index (κ1) is 21.3. The summed E-state index contributed by atoms with van der Waals surface area (Å²) in [5.41, 5.74) is 0.710. The van der Waals surface area contributed by atoms with E-state index >= 15 is 0 Å². The van der Waals surface area contributed by atoms with Crippen molar-refractivity contribution < 1.29 is 9.36 Å². The van der Waals surface area contributed by atoms with E-state index in [9.17, 15) is 9.36 Å². The summed E-state index contributed by atoms with van der Waals surface area (Å²) < 4.78 is 12.6. The molecule has 1 aliphatic rings. The summed E-state index contributed by atoms with van der Waals surface area (Å²) >= 11 is 6.27. The van der Waals surface area contributed by atoms with Crippen molar-refractivity contribution in [1.29, 1.82) is 0 Å². The molecule has 0 aliphatic carbocycles. The van der Waals surface area contributed by atoms with Crippen LogP contribution < -0.4 is 15.9 Å². The third kappa shape index (κ3) is 5.37. The van der Waals surface area contributed by atoms with Crippen molar-refractivity contribution in [2.24, 2.45) is 5.92 Å². The van der Waals surface area contributed by atoms with Gasteiger partial charge in [0.1, 0.15) is 12.2 Å². The molecule has 0 radical (unpaired) electrons. The SMILES string of the molecule is C=CC(=O)N1CCC(CNc2ncc(Cl)c(Nc3ccccc3P(C)(C)=O)n2)C1. The number of amides is 1. The Hall–Kier alpha value is -2.37. The Morgan fingerprint density at radius 1 is 1.41 bits per heavy atom. The van der Waals surface area contributed by atoms with Crippen molar-refractivity contribution in [2.45, 2.75) is 6.42 Å². The minimum absolute atomic E-state index is 0.0375. The summed E-state index contributed by atoms with van der Waals surface area (Å²) in [4.78, 5) is 22.2. The average molecular weight is 434 g/mol. The molecule has 1 aromatic heterocycles. The van der Waals surface area contributed by atoms with Gasteiger partial charge >= 0.3 is 0 Å². The second-order valence-corrected chi connectivity index (χ2v) is 11.0. The number of likely N-dealkylation sites (tertiary alicyclic amines) is 1. The van der Waals surface area contributed by atoms with Crippen molar-refractivity contribution in [3.63, 3.8) is 0 Å². The van der Waals surface area contributed by atoms with Crippen LogP contribution in [0.15, 0.2) is 43.1 Å². The first-order chi connectivity index (χ1) is 13.8. The quantitative estimate of drug-likeness (QED) is 0.512. The number of anilines is 3. The number of hydrogen-bond acceptors (Lipinski definition) is 6. The lowest BCUT2D eigenvalue weighted by molar-refractivity contribution is -0.125. The number of hydrogen-bond donors (Lipinski definition) is 2. The number of nitrogens with zero attached hydrogens (tertiary/aromatic N) is 3. The number of carbonyl (C=O) groups excluding carboxylic acids is 1. The van der Waals surface area contributed by atoms with Gasteiger partial charge in [-0.25, -0.2) is 4.98 Å². The van der Waals surface area contributed by atoms with E-state index in [1.807, 2.05) is 24.3 Å². The molecule has 1 aliphatic heterocycles. The third-order valence-corrected chi connectivity index (χ3v) is 6.63. The molecule has 3 rings (SSSR count). The summed E-state index contributed by atoms with van der Waals surface area (Å²) in [6, 6.07) is 7.42. The van der Waals surface area contributed by atoms with Crippen molar-refractivity contribution in [3.05, 3.63) is 48.1 Å². The number of halogens is 1. The molecule has 2 aromatic rings. The van der Waals surface area contributed by atoms with Gasteiger partial charge in [0.2, 0.25) is 11.9 Å². The lowest BCUT2D eigenvalue weighted by atomic mass is 10.1. The second kappa shape index (κ2) is 8.97. The van der Waals surface area contributed by atoms with Crippen LogP contribution in [0.3, 0.4) is 0 Å². The van der Waals surface area contributed by atoms with Crippen LogP contribution in [0.2, 0.25) is 5.02 Å². The Labute approximate surface area is 175 Å². The molecule has 2 N–H and O–H groups in total. The summed E-state index contributed by atoms with van der Waals surface area (Å²) in [6.07, 6.45) is 3.79. The Kier molecular flexibility index (Phi) is 6.60. The standard InChI is InChI=1S/C20H25ClN5O2P/c1-4-18(27)26-10-9-14(13-26)11-22-20-23-12-15(21)19(25-20)24-16-7-5-6-8-17(16)29(2,3)28/h4-8,12,14H,1,9-11,13H2,2-3H3,(H2,22,23,24,25). The maximum Gasteiger partial charge on any atom is 0.245 e. The topological polar surface area (TPSA) is 87.2 Å². The van der Waals surface area contributed by atoms with Crippen LogP contribution in [-0.2, 0) is 9.36 Å². The predicted molar refractivity (Wildman–Crippen MR) is 119 cm³/mol. The molecule has 1 unspecified atom stereocenters. The average Bonchev–Trinajstić information content (AvgIpc) is 3.16. The zero-order valence-corrected chi connectivity index (χ0v) is 18.2. The molecule has 9 heteroatoms. The maximum atomic E-state index is 12.6. The maximum absolute atomic E-state index is 12.6. The largest absolute Gasteiger partial charge is 0.354 e. The van der Waals surface area contributed by atoms with E-state index in [4.69, 9.17) is 11.6 Å². The van der Waals surface area contributed by atoms with Crippen LogP contribution in [0.4, 0.5) is 17.5 Å². The highest BCUT2D eigenvalue weighted by atomic mass is 35.5. The summed E-state index contributed by atoms with van der Waals surface area (Å²) in [5, 5.41) is 7.52. The van der Waals surface area contributed by atoms with Gasteiger partial charge in [-0.15, -0.1) is 0 Å². The Morgan fingerprint density at radius 3 is 2.90 bits per heavy atom. The Balaban J connectivity index is 1.69. The highest BCUT2D eigenvalue weighted by Crippen LogP contribution is 2.38. The number of carbonyl (C=O) groups is 1. The van der Waals surface area contributed by atoms with Crippen molar-refractivity contribution >= 4 is 47.4 Å². The van der Waals surface area contributed by atoms with E-state index in [1.165, 1.54) is 12.3 Å². The molecular formula is C20H25ClN5O2P. The summed E-state index contributed by atoms with van der Waals surface area (Å²) in [5.74, 6) is 1.17. The predicted octanol–water partition coefficient (Wildman–Crippen LogP) is 3.57. The fourth-order valence-electron chi connectivity index (χ4n) is 3.28. The lowest BCUT2D eigenvalue weighted by Crippen LogP contribution is -2.28. The molecule has 7 nitrogen and oxygen atoms in total. The molecular weight excluding hydrogens is 409 g/mol. The first-order valence-corrected chi connectivity index (χ1v) is 12.3. The first-order valence-electron chi connectivity index (χ1n) is 9.37. The van der Waals surface area contributed by atoms with Crippen molar-refractivity contribution in [2.75, 3.05) is 43.6 Å². The highest BCUT2D eigenvalue weighted by molar-refractivity contribution is 7.70. The number of aromatic nitrogens is 2. The van der Waals surface area contributed by atoms with Gasteiger partial charge in [-0.3, -0.25) is 4.79 Å². The molecule has 29 heavy (non-hydrogen) atoms. The summed E-state index contributed by atoms with van der Waals surface area (Å²) in [6.45, 7) is 9.06. The van der Waals surface area contributed by atoms with Gasteiger partial charge in [-0.2, -0.15) is 4.98 Å². The number of benzene rings is 1. The van der Waals surface area contributed by atoms with Crippen LogP contribution >= 0.6 is 18.7 Å². The molecule has 154 valence electrons. The number of nitrogens with one attached hydrogen (secondary N) is 2. The monoisotopic (exact) mass is 433 g/mol. The second-order valence-electron chi connectivity index (χ2n) is 7.41. The molecule has 1 aromatic carbocycles. The highest BCUT2D eigenvalue weighted by Gasteiger charge is 2.25. The van der Waals surface area contributed by atoms with Crippen LogP contribution in [0.5, 0.6) is 0 Å². The van der Waals surface area contributed by atoms with E-state index in [-0.39, 0.29) is 5.91 Å². The zero-order chi connectivity index (χ0) is 21.0. The third-order valence-electron chi connectivity index (χ3n) is 4.80. The normalized spacial score (nSPS) is 16.5. The minimum Gasteiger partial charge on any atom is -0.354 e. The molecule has 1 amide bonds. The van der Waals surface area contributed by atoms with Gasteiger partial charge in [0.05, 0.1) is 11.9 Å². The Bertz CT molecular complexity index is 962. The lowest BCUT2D eigenvalue weighted by Gasteiger charge is -2.16. The van der Waals surface area contributed by atoms with Gasteiger partial charge in [-0.05, 0) is 43.9 Å². The van der Waals surface area contributed by atoms with Crippen LogP contribution in [0, 0.1) is 5.92 Å². The van der Waals surface area contributed by atoms with Crippen LogP contribution in [0.25, 0.3) is 0 Å². The van der Waals surface area contributed by atoms with E-state index in [2.05, 4.69) is 27.2 Å². The molecule has 1 saturated heterocycles. The van der Waals surface area contributed by atoms with Crippen LogP contribution in [-0.4, -0.2) is 53.7 Å². The fraction of sp³-hybridized carbons (Fsp3) is 0.350. The van der Waals surface area contributed by atoms with E-state index in [0.717, 1.165) is 18.3 Å². The minimum atomic E-state index is -2.47. The van der Waals surface area contributed by atoms with Gasteiger partial charge in [-0.1, -0.05) is 30.3 Å². The van der Waals surface area contributed by atoms with E-state index in [0.29, 0.717) is 41.5 Å². The summed E-state index contributed by atoms with van der Waals surface area (Å²) in [7, 11) is -2.47. The van der Waals surface area contributed by atoms with E-state index < -0.39 is 7.14 Å². The van der Waals surface area contributed by atoms with Crippen molar-refractivity contribution in [1.82, 2.24) is 14.9 Å². The smallest absolute Gasteiger partial charge is 0.245 e. The Morgan fingerprint density at radius 2 is 2.17 bits per heavy atom. The van der Waals surface area contributed by atoms with E-state index in [1.54, 1.807) is 18.2 Å². The molecule has 0 spiro atoms. The molecule has 0 bridgehead atoms. The number of rotatable bonds is 7. The molecule has 2 heterocycles. The van der Waals surface area contributed by atoms with Crippen LogP contribution in [0.1, 0.15) is 6.42 Å². The molecule has 0 saturated carbocycles. The van der Waals surface area contributed by atoms with Gasteiger partial charge in [0, 0.05) is 24.9 Å². The molecule has 1 atom stereocenters. The fourth-order valence-corrected chi connectivity index (χ4v) is 4.57.